The van der Waals surface area contributed by atoms with Crippen molar-refractivity contribution in [1.82, 2.24) is 18.3 Å². The summed E-state index contributed by atoms with van der Waals surface area (Å²) in [5.74, 6) is 0. The maximum atomic E-state index is 11.7. The van der Waals surface area contributed by atoms with Gasteiger partial charge in [-0.2, -0.15) is 0 Å². The average Bonchev–Trinajstić information content (AvgIpc) is 3.13. The number of carbonyl (C=O) groups is 1. The Bertz CT molecular complexity index is 1430. The normalized spacial score (nSPS) is 10.5. The van der Waals surface area contributed by atoms with Crippen LogP contribution in [0.3, 0.4) is 0 Å². The standard InChI is InChI=1S/C11H11N3O.C11H12N2O3/c1-12-7-8-4-5-9-10(6-8)14(3)11(15)13(9)2;1-12-9-4-3-8(6-16-7-14)5-10(9)13(2)11(12)15/h4-6H,7H2,2-3H3;3-5,7H,6H2,1-2H3. The Kier molecular flexibility index (Phi) is 6.11. The van der Waals surface area contributed by atoms with Gasteiger partial charge in [0.25, 0.3) is 6.47 Å². The fraction of sp³-hybridized carbons (Fsp3) is 0.273. The van der Waals surface area contributed by atoms with Crippen molar-refractivity contribution >= 4 is 28.5 Å². The molecule has 0 saturated carbocycles. The number of benzene rings is 2. The van der Waals surface area contributed by atoms with Gasteiger partial charge in [-0.15, -0.1) is 0 Å². The van der Waals surface area contributed by atoms with Crippen LogP contribution in [-0.4, -0.2) is 24.7 Å². The van der Waals surface area contributed by atoms with Gasteiger partial charge < -0.3 is 9.58 Å². The van der Waals surface area contributed by atoms with Gasteiger partial charge in [0.05, 0.1) is 22.1 Å². The van der Waals surface area contributed by atoms with Crippen molar-refractivity contribution in [3.8, 4) is 0 Å². The van der Waals surface area contributed by atoms with Crippen LogP contribution >= 0.6 is 0 Å². The molecule has 0 N–H and O–H groups in total. The minimum atomic E-state index is -0.0662. The first-order valence-electron chi connectivity index (χ1n) is 9.47. The van der Waals surface area contributed by atoms with E-state index in [4.69, 9.17) is 6.57 Å². The lowest BCUT2D eigenvalue weighted by Crippen LogP contribution is -2.19. The van der Waals surface area contributed by atoms with Crippen molar-refractivity contribution in [3.63, 3.8) is 0 Å². The van der Waals surface area contributed by atoms with E-state index in [9.17, 15) is 14.4 Å². The molecular weight excluding hydrogens is 398 g/mol. The van der Waals surface area contributed by atoms with Crippen LogP contribution in [0.4, 0.5) is 0 Å². The Morgan fingerprint density at radius 2 is 1.26 bits per heavy atom. The number of imidazole rings is 2. The van der Waals surface area contributed by atoms with E-state index in [2.05, 4.69) is 9.58 Å². The lowest BCUT2D eigenvalue weighted by Gasteiger charge is -2.00. The highest BCUT2D eigenvalue weighted by atomic mass is 16.5. The molecule has 0 amide bonds. The molecule has 0 unspecified atom stereocenters. The van der Waals surface area contributed by atoms with Crippen LogP contribution in [0, 0.1) is 6.57 Å². The van der Waals surface area contributed by atoms with Crippen LogP contribution in [0.1, 0.15) is 11.1 Å². The molecule has 0 radical (unpaired) electrons. The Labute approximate surface area is 178 Å². The molecular formula is C22H23N5O4. The molecule has 0 aliphatic carbocycles. The molecule has 160 valence electrons. The maximum Gasteiger partial charge on any atom is 0.328 e. The fourth-order valence-corrected chi connectivity index (χ4v) is 3.51. The fourth-order valence-electron chi connectivity index (χ4n) is 3.51. The molecule has 0 bridgehead atoms. The zero-order valence-corrected chi connectivity index (χ0v) is 17.8. The molecule has 4 aromatic rings. The summed E-state index contributed by atoms with van der Waals surface area (Å²) in [7, 11) is 6.94. The van der Waals surface area contributed by atoms with E-state index in [1.165, 1.54) is 0 Å². The number of hydrogen-bond acceptors (Lipinski definition) is 4. The topological polar surface area (TPSA) is 84.5 Å². The minimum Gasteiger partial charge on any atom is -0.463 e. The third-order valence-electron chi connectivity index (χ3n) is 5.25. The van der Waals surface area contributed by atoms with Gasteiger partial charge in [0.2, 0.25) is 6.54 Å². The van der Waals surface area contributed by atoms with Crippen LogP contribution in [-0.2, 0) is 50.9 Å². The van der Waals surface area contributed by atoms with Crippen molar-refractivity contribution < 1.29 is 9.53 Å². The van der Waals surface area contributed by atoms with Gasteiger partial charge in [0, 0.05) is 33.8 Å². The van der Waals surface area contributed by atoms with E-state index >= 15 is 0 Å². The first kappa shape index (κ1) is 21.6. The summed E-state index contributed by atoms with van der Waals surface area (Å²) in [6, 6.07) is 11.2. The smallest absolute Gasteiger partial charge is 0.328 e. The van der Waals surface area contributed by atoms with Crippen molar-refractivity contribution in [3.05, 3.63) is 79.9 Å². The second-order valence-electron chi connectivity index (χ2n) is 7.17. The van der Waals surface area contributed by atoms with E-state index in [0.717, 1.165) is 33.2 Å². The Hall–Kier alpha value is -4.06. The predicted octanol–water partition coefficient (Wildman–Crippen LogP) is 1.85. The monoisotopic (exact) mass is 421 g/mol. The molecule has 2 aromatic carbocycles. The van der Waals surface area contributed by atoms with Gasteiger partial charge in [-0.25, -0.2) is 16.2 Å². The lowest BCUT2D eigenvalue weighted by molar-refractivity contribution is -0.129. The number of hydrogen-bond donors (Lipinski definition) is 0. The highest BCUT2D eigenvalue weighted by Crippen LogP contribution is 2.15. The molecule has 2 aromatic heterocycles. The van der Waals surface area contributed by atoms with Crippen LogP contribution in [0.5, 0.6) is 0 Å². The molecule has 0 spiro atoms. The first-order chi connectivity index (χ1) is 14.8. The SMILES string of the molecule is Cn1c(=O)n(C)c2cc(COC=O)ccc21.[C-]#[N+]Cc1ccc2c(c1)n(C)c(=O)n2C. The van der Waals surface area contributed by atoms with Crippen LogP contribution < -0.4 is 11.4 Å². The molecule has 2 heterocycles. The number of rotatable bonds is 4. The number of fused-ring (bicyclic) bond motifs is 2. The summed E-state index contributed by atoms with van der Waals surface area (Å²) in [5.41, 5.74) is 5.18. The first-order valence-corrected chi connectivity index (χ1v) is 9.47. The lowest BCUT2D eigenvalue weighted by atomic mass is 10.2. The number of aryl methyl sites for hydroxylation is 4. The predicted molar refractivity (Wildman–Crippen MR) is 117 cm³/mol. The summed E-state index contributed by atoms with van der Waals surface area (Å²) < 4.78 is 11.0. The number of aromatic nitrogens is 4. The quantitative estimate of drug-likeness (QED) is 0.372. The molecule has 0 saturated heterocycles. The van der Waals surface area contributed by atoms with Gasteiger partial charge in [-0.3, -0.25) is 23.1 Å². The summed E-state index contributed by atoms with van der Waals surface area (Å²) in [6.45, 7) is 7.80. The number of ether oxygens (including phenoxy) is 1. The van der Waals surface area contributed by atoms with Crippen molar-refractivity contribution in [2.24, 2.45) is 28.2 Å². The van der Waals surface area contributed by atoms with Crippen LogP contribution in [0.2, 0.25) is 0 Å². The summed E-state index contributed by atoms with van der Waals surface area (Å²) in [4.78, 5) is 36.7. The second-order valence-corrected chi connectivity index (χ2v) is 7.17. The van der Waals surface area contributed by atoms with Crippen molar-refractivity contribution in [2.75, 3.05) is 0 Å². The van der Waals surface area contributed by atoms with Gasteiger partial charge >= 0.3 is 11.4 Å². The molecule has 0 aliphatic heterocycles. The number of carbonyl (C=O) groups excluding carboxylic acids is 1. The third-order valence-corrected chi connectivity index (χ3v) is 5.25. The third kappa shape index (κ3) is 4.00. The van der Waals surface area contributed by atoms with E-state index in [0.29, 0.717) is 13.0 Å². The van der Waals surface area contributed by atoms with Crippen LogP contribution in [0.25, 0.3) is 26.9 Å². The maximum absolute atomic E-state index is 11.7. The Morgan fingerprint density at radius 3 is 1.74 bits per heavy atom. The molecule has 0 aliphatic rings. The molecule has 9 heteroatoms. The van der Waals surface area contributed by atoms with E-state index in [1.54, 1.807) is 46.5 Å². The van der Waals surface area contributed by atoms with Gasteiger partial charge in [-0.05, 0) is 35.9 Å². The number of nitrogens with zero attached hydrogens (tertiary/aromatic N) is 5. The minimum absolute atomic E-state index is 0.0371. The van der Waals surface area contributed by atoms with E-state index < -0.39 is 0 Å². The zero-order valence-electron chi connectivity index (χ0n) is 17.8. The van der Waals surface area contributed by atoms with Crippen molar-refractivity contribution in [2.45, 2.75) is 13.2 Å². The van der Waals surface area contributed by atoms with Crippen LogP contribution in [0.15, 0.2) is 46.0 Å². The van der Waals surface area contributed by atoms with E-state index in [1.807, 2.05) is 36.4 Å². The zero-order chi connectivity index (χ0) is 22.7. The summed E-state index contributed by atoms with van der Waals surface area (Å²) >= 11 is 0. The highest BCUT2D eigenvalue weighted by Gasteiger charge is 2.09. The van der Waals surface area contributed by atoms with Gasteiger partial charge in [0.15, 0.2) is 0 Å². The largest absolute Gasteiger partial charge is 0.463 e. The van der Waals surface area contributed by atoms with Gasteiger partial charge in [0.1, 0.15) is 6.61 Å². The van der Waals surface area contributed by atoms with Gasteiger partial charge in [-0.1, -0.05) is 6.07 Å². The molecule has 0 atom stereocenters. The highest BCUT2D eigenvalue weighted by molar-refractivity contribution is 5.77. The van der Waals surface area contributed by atoms with E-state index in [-0.39, 0.29) is 18.0 Å². The molecule has 31 heavy (non-hydrogen) atoms. The molecule has 4 rings (SSSR count). The summed E-state index contributed by atoms with van der Waals surface area (Å²) in [5, 5.41) is 0. The molecule has 9 nitrogen and oxygen atoms in total. The van der Waals surface area contributed by atoms with Crippen molar-refractivity contribution in [1.29, 1.82) is 0 Å². The molecule has 0 fully saturated rings. The second kappa shape index (κ2) is 8.75. The Balaban J connectivity index is 0.000000176. The average molecular weight is 421 g/mol. The Morgan fingerprint density at radius 1 is 0.806 bits per heavy atom. The summed E-state index contributed by atoms with van der Waals surface area (Å²) in [6.07, 6.45) is 0.